The summed E-state index contributed by atoms with van der Waals surface area (Å²) in [6.07, 6.45) is -2.80. The predicted molar refractivity (Wildman–Crippen MR) is 59.5 cm³/mol. The third kappa shape index (κ3) is 2.21. The van der Waals surface area contributed by atoms with Gasteiger partial charge in [0.15, 0.2) is 0 Å². The number of carbonyl (C=O) groups is 1. The van der Waals surface area contributed by atoms with Crippen LogP contribution >= 0.6 is 0 Å². The molecule has 7 nitrogen and oxygen atoms in total. The lowest BCUT2D eigenvalue weighted by Crippen LogP contribution is -2.32. The Hall–Kier alpha value is -1.54. The number of nitrogens with two attached hydrogens (primary N) is 1. The van der Waals surface area contributed by atoms with Crippen LogP contribution in [0.2, 0.25) is 0 Å². The predicted octanol–water partition coefficient (Wildman–Crippen LogP) is -1.67. The first kappa shape index (κ1) is 12.9. The number of pyridine rings is 1. The number of rotatable bonds is 3. The summed E-state index contributed by atoms with van der Waals surface area (Å²) < 4.78 is 5.29. The quantitative estimate of drug-likeness (QED) is 0.511. The van der Waals surface area contributed by atoms with Gasteiger partial charge in [-0.1, -0.05) is 0 Å². The summed E-state index contributed by atoms with van der Waals surface area (Å²) in [6, 6.07) is 2.83. The number of nitrogens with zero attached hydrogens (tertiary/aromatic N) is 1. The van der Waals surface area contributed by atoms with Gasteiger partial charge in [-0.15, -0.1) is 0 Å². The van der Waals surface area contributed by atoms with E-state index >= 15 is 0 Å². The first-order chi connectivity index (χ1) is 8.54. The molecule has 1 aliphatic heterocycles. The van der Waals surface area contributed by atoms with Gasteiger partial charge in [0.05, 0.1) is 12.3 Å². The van der Waals surface area contributed by atoms with Gasteiger partial charge in [0, 0.05) is 11.8 Å². The molecule has 0 bridgehead atoms. The van der Waals surface area contributed by atoms with Crippen LogP contribution in [-0.2, 0) is 4.74 Å². The second-order valence-corrected chi connectivity index (χ2v) is 4.09. The van der Waals surface area contributed by atoms with Gasteiger partial charge in [0.25, 0.3) is 0 Å². The maximum Gasteiger partial charge on any atom is 0.248 e. The maximum atomic E-state index is 11.0. The van der Waals surface area contributed by atoms with Crippen LogP contribution in [0.3, 0.4) is 0 Å². The van der Waals surface area contributed by atoms with Crippen LogP contribution in [0, 0.1) is 0 Å². The number of hydrogen-bond donors (Lipinski definition) is 4. The Bertz CT molecular complexity index is 453. The highest BCUT2D eigenvalue weighted by atomic mass is 16.6. The summed E-state index contributed by atoms with van der Waals surface area (Å²) in [4.78, 5) is 15.0. The Labute approximate surface area is 103 Å². The van der Waals surface area contributed by atoms with Crippen LogP contribution < -0.4 is 5.73 Å². The van der Waals surface area contributed by atoms with Crippen LogP contribution in [-0.4, -0.2) is 51.1 Å². The van der Waals surface area contributed by atoms with Crippen LogP contribution in [0.25, 0.3) is 0 Å². The molecule has 0 aromatic carbocycles. The van der Waals surface area contributed by atoms with Gasteiger partial charge in [-0.2, -0.15) is 0 Å². The van der Waals surface area contributed by atoms with Crippen molar-refractivity contribution in [1.29, 1.82) is 0 Å². The molecule has 1 aromatic heterocycles. The highest BCUT2D eigenvalue weighted by Crippen LogP contribution is 2.32. The van der Waals surface area contributed by atoms with E-state index in [0.717, 1.165) is 0 Å². The van der Waals surface area contributed by atoms with Gasteiger partial charge < -0.3 is 25.8 Å². The zero-order valence-electron chi connectivity index (χ0n) is 9.43. The molecule has 0 saturated carbocycles. The summed E-state index contributed by atoms with van der Waals surface area (Å²) in [5.74, 6) is -0.620. The van der Waals surface area contributed by atoms with Crippen molar-refractivity contribution in [1.82, 2.24) is 4.98 Å². The molecule has 98 valence electrons. The van der Waals surface area contributed by atoms with Crippen molar-refractivity contribution >= 4 is 5.91 Å². The molecule has 0 aliphatic carbocycles. The smallest absolute Gasteiger partial charge is 0.248 e. The first-order valence-corrected chi connectivity index (χ1v) is 5.42. The van der Waals surface area contributed by atoms with Gasteiger partial charge >= 0.3 is 0 Å². The Morgan fingerprint density at radius 3 is 2.72 bits per heavy atom. The van der Waals surface area contributed by atoms with Crippen molar-refractivity contribution in [3.8, 4) is 0 Å². The highest BCUT2D eigenvalue weighted by Gasteiger charge is 2.43. The Morgan fingerprint density at radius 2 is 2.17 bits per heavy atom. The number of aromatic nitrogens is 1. The van der Waals surface area contributed by atoms with E-state index < -0.39 is 36.9 Å². The second kappa shape index (κ2) is 4.99. The normalized spacial score (nSPS) is 31.5. The molecule has 7 heteroatoms. The van der Waals surface area contributed by atoms with E-state index in [1.54, 1.807) is 0 Å². The average molecular weight is 254 g/mol. The fourth-order valence-electron chi connectivity index (χ4n) is 1.90. The van der Waals surface area contributed by atoms with E-state index in [4.69, 9.17) is 15.6 Å². The average Bonchev–Trinajstić information content (AvgIpc) is 2.66. The molecule has 1 fully saturated rings. The molecule has 2 rings (SSSR count). The first-order valence-electron chi connectivity index (χ1n) is 5.42. The van der Waals surface area contributed by atoms with Crippen LogP contribution in [0.1, 0.15) is 22.2 Å². The Morgan fingerprint density at radius 1 is 1.44 bits per heavy atom. The van der Waals surface area contributed by atoms with E-state index in [1.807, 2.05) is 0 Å². The molecule has 0 radical (unpaired) electrons. The summed E-state index contributed by atoms with van der Waals surface area (Å²) in [7, 11) is 0. The van der Waals surface area contributed by atoms with Crippen molar-refractivity contribution in [2.24, 2.45) is 5.73 Å². The van der Waals surface area contributed by atoms with Gasteiger partial charge in [0.2, 0.25) is 5.91 Å². The minimum absolute atomic E-state index is 0.234. The van der Waals surface area contributed by atoms with E-state index in [-0.39, 0.29) is 11.3 Å². The molecular formula is C11H14N2O5. The van der Waals surface area contributed by atoms with E-state index in [0.29, 0.717) is 0 Å². The lowest BCUT2D eigenvalue weighted by atomic mass is 10.0. The number of amides is 1. The zero-order valence-corrected chi connectivity index (χ0v) is 9.43. The highest BCUT2D eigenvalue weighted by molar-refractivity contribution is 5.92. The second-order valence-electron chi connectivity index (χ2n) is 4.09. The lowest BCUT2D eigenvalue weighted by molar-refractivity contribution is -0.0239. The summed E-state index contributed by atoms with van der Waals surface area (Å²) in [6.45, 7) is -0.412. The van der Waals surface area contributed by atoms with Gasteiger partial charge in [-0.3, -0.25) is 9.78 Å². The fraction of sp³-hybridized carbons (Fsp3) is 0.455. The molecule has 1 saturated heterocycles. The Balaban J connectivity index is 2.27. The van der Waals surface area contributed by atoms with E-state index in [9.17, 15) is 15.0 Å². The summed E-state index contributed by atoms with van der Waals surface area (Å²) in [5.41, 5.74) is 5.66. The topological polar surface area (TPSA) is 126 Å². The minimum atomic E-state index is -1.21. The largest absolute Gasteiger partial charge is 0.394 e. The van der Waals surface area contributed by atoms with Crippen molar-refractivity contribution < 1.29 is 24.9 Å². The molecule has 1 aliphatic rings. The molecular weight excluding hydrogens is 240 g/mol. The zero-order chi connectivity index (χ0) is 13.3. The molecule has 5 N–H and O–H groups in total. The van der Waals surface area contributed by atoms with Crippen molar-refractivity contribution in [2.75, 3.05) is 6.61 Å². The number of carbonyl (C=O) groups excluding carboxylic acids is 1. The van der Waals surface area contributed by atoms with Crippen molar-refractivity contribution in [2.45, 2.75) is 24.4 Å². The standard InChI is InChI=1S/C11H14N2O5/c12-11(17)5-1-2-13-6(3-5)10-9(16)8(15)7(4-14)18-10/h1-3,7-10,14-16H,4H2,(H2,12,17)/t7-,8-,9-,10+/m1/s1. The molecule has 0 spiro atoms. The SMILES string of the molecule is NC(=O)c1ccnc([C@@H]2O[C@H](CO)[C@@H](O)[C@H]2O)c1. The number of ether oxygens (including phenoxy) is 1. The van der Waals surface area contributed by atoms with Gasteiger partial charge in [0.1, 0.15) is 24.4 Å². The number of primary amides is 1. The van der Waals surface area contributed by atoms with Crippen LogP contribution in [0.4, 0.5) is 0 Å². The lowest BCUT2D eigenvalue weighted by Gasteiger charge is -2.14. The van der Waals surface area contributed by atoms with Crippen LogP contribution in [0.15, 0.2) is 18.3 Å². The summed E-state index contributed by atoms with van der Waals surface area (Å²) >= 11 is 0. The minimum Gasteiger partial charge on any atom is -0.394 e. The summed E-state index contributed by atoms with van der Waals surface area (Å²) in [5, 5.41) is 28.4. The molecule has 1 amide bonds. The molecule has 18 heavy (non-hydrogen) atoms. The molecule has 1 aromatic rings. The monoisotopic (exact) mass is 254 g/mol. The third-order valence-corrected chi connectivity index (χ3v) is 2.90. The van der Waals surface area contributed by atoms with Crippen molar-refractivity contribution in [3.63, 3.8) is 0 Å². The van der Waals surface area contributed by atoms with Crippen LogP contribution in [0.5, 0.6) is 0 Å². The van der Waals surface area contributed by atoms with E-state index in [1.165, 1.54) is 18.3 Å². The molecule has 0 unspecified atom stereocenters. The molecule has 4 atom stereocenters. The Kier molecular flexibility index (Phi) is 3.58. The van der Waals surface area contributed by atoms with Crippen molar-refractivity contribution in [3.05, 3.63) is 29.6 Å². The number of aliphatic hydroxyl groups excluding tert-OH is 3. The third-order valence-electron chi connectivity index (χ3n) is 2.90. The fourth-order valence-corrected chi connectivity index (χ4v) is 1.90. The number of hydrogen-bond acceptors (Lipinski definition) is 6. The number of aliphatic hydroxyl groups is 3. The van der Waals surface area contributed by atoms with Gasteiger partial charge in [-0.25, -0.2) is 0 Å². The maximum absolute atomic E-state index is 11.0. The van der Waals surface area contributed by atoms with Gasteiger partial charge in [-0.05, 0) is 12.1 Å². The molecule has 2 heterocycles. The van der Waals surface area contributed by atoms with E-state index in [2.05, 4.69) is 4.98 Å².